The minimum Gasteiger partial charge on any atom is -0.391 e. The molecule has 2 N–H and O–H groups in total. The number of anilines is 1. The lowest BCUT2D eigenvalue weighted by molar-refractivity contribution is -0.139. The number of hydrogen-bond donors (Lipinski definition) is 2. The molecule has 0 aromatic heterocycles. The second-order valence-corrected chi connectivity index (χ2v) is 10.3. The largest absolute Gasteiger partial charge is 0.391 e. The van der Waals surface area contributed by atoms with Crippen molar-refractivity contribution in [1.82, 2.24) is 14.7 Å². The summed E-state index contributed by atoms with van der Waals surface area (Å²) in [6, 6.07) is 13.1. The molecule has 182 valence electrons. The summed E-state index contributed by atoms with van der Waals surface area (Å²) in [5.41, 5.74) is 1.01. The van der Waals surface area contributed by atoms with Crippen LogP contribution < -0.4 is 5.32 Å². The summed E-state index contributed by atoms with van der Waals surface area (Å²) in [6.07, 6.45) is 5.29. The fourth-order valence-electron chi connectivity index (χ4n) is 5.61. The summed E-state index contributed by atoms with van der Waals surface area (Å²) in [4.78, 5) is 31.9. The number of unbranched alkanes of at least 4 members (excludes halogenated alkanes) is 1. The van der Waals surface area contributed by atoms with Crippen LogP contribution in [0, 0.1) is 5.41 Å². The number of aliphatic hydroxyl groups excluding tert-OH is 1. The summed E-state index contributed by atoms with van der Waals surface area (Å²) < 4.78 is 0. The first-order chi connectivity index (χ1) is 16.5. The quantitative estimate of drug-likeness (QED) is 0.642. The Morgan fingerprint density at radius 2 is 1.79 bits per heavy atom. The van der Waals surface area contributed by atoms with Gasteiger partial charge in [0.25, 0.3) is 0 Å². The molecule has 3 amide bonds. The number of aliphatic hydroxyl groups is 1. The smallest absolute Gasteiger partial charge is 0.322 e. The van der Waals surface area contributed by atoms with E-state index >= 15 is 0 Å². The van der Waals surface area contributed by atoms with E-state index in [2.05, 4.69) is 10.2 Å². The lowest BCUT2D eigenvalue weighted by Gasteiger charge is -2.39. The Labute approximate surface area is 201 Å². The summed E-state index contributed by atoms with van der Waals surface area (Å²) >= 11 is 0. The number of nitrogens with one attached hydrogen (secondary N) is 1. The maximum Gasteiger partial charge on any atom is 0.322 e. The standard InChI is InChI=1S/C27H36N4O3/c1-20-25(33)30(15-5-4-14-29-16-13-27(11-12-27)24(32)19-29)17-18-31(20)26(34)28-23-10-6-8-21-7-2-3-9-22(21)23/h2-3,6-10,20,24,32H,4-5,11-19H2,1H3,(H,28,34)/t20-,24+/m0/s1. The highest BCUT2D eigenvalue weighted by Crippen LogP contribution is 2.53. The molecular formula is C27H36N4O3. The number of urea groups is 1. The van der Waals surface area contributed by atoms with Crippen molar-refractivity contribution in [2.75, 3.05) is 44.6 Å². The molecule has 3 aliphatic rings. The predicted octanol–water partition coefficient (Wildman–Crippen LogP) is 3.53. The predicted molar refractivity (Wildman–Crippen MR) is 134 cm³/mol. The van der Waals surface area contributed by atoms with Crippen LogP contribution in [0.2, 0.25) is 0 Å². The summed E-state index contributed by atoms with van der Waals surface area (Å²) in [7, 11) is 0. The zero-order valence-corrected chi connectivity index (χ0v) is 20.1. The van der Waals surface area contributed by atoms with Gasteiger partial charge in [0.1, 0.15) is 6.04 Å². The minimum absolute atomic E-state index is 0.0170. The van der Waals surface area contributed by atoms with Crippen LogP contribution >= 0.6 is 0 Å². The van der Waals surface area contributed by atoms with Crippen molar-refractivity contribution in [3.63, 3.8) is 0 Å². The van der Waals surface area contributed by atoms with Crippen LogP contribution in [0.3, 0.4) is 0 Å². The fraction of sp³-hybridized carbons (Fsp3) is 0.556. The molecule has 7 heteroatoms. The number of amides is 3. The molecule has 2 saturated heterocycles. The topological polar surface area (TPSA) is 76.1 Å². The van der Waals surface area contributed by atoms with Crippen LogP contribution in [0.25, 0.3) is 10.8 Å². The van der Waals surface area contributed by atoms with Gasteiger partial charge in [0.2, 0.25) is 5.91 Å². The van der Waals surface area contributed by atoms with E-state index < -0.39 is 6.04 Å². The normalized spacial score (nSPS) is 24.6. The molecule has 2 heterocycles. The number of hydrogen-bond acceptors (Lipinski definition) is 4. The first-order valence-electron chi connectivity index (χ1n) is 12.7. The van der Waals surface area contributed by atoms with E-state index in [1.807, 2.05) is 54.3 Å². The van der Waals surface area contributed by atoms with Gasteiger partial charge < -0.3 is 25.1 Å². The van der Waals surface area contributed by atoms with Crippen molar-refractivity contribution in [2.45, 2.75) is 51.2 Å². The second-order valence-electron chi connectivity index (χ2n) is 10.3. The maximum atomic E-state index is 13.0. The van der Waals surface area contributed by atoms with Crippen molar-refractivity contribution in [2.24, 2.45) is 5.41 Å². The number of nitrogens with zero attached hydrogens (tertiary/aromatic N) is 3. The van der Waals surface area contributed by atoms with Crippen LogP contribution in [0.1, 0.15) is 39.0 Å². The van der Waals surface area contributed by atoms with Crippen LogP contribution in [-0.2, 0) is 4.79 Å². The number of fused-ring (bicyclic) bond motifs is 1. The molecule has 2 aliphatic heterocycles. The molecule has 5 rings (SSSR count). The highest BCUT2D eigenvalue weighted by Gasteiger charge is 2.51. The second kappa shape index (κ2) is 9.55. The number of piperazine rings is 1. The number of carbonyl (C=O) groups excluding carboxylic acids is 2. The van der Waals surface area contributed by atoms with E-state index in [9.17, 15) is 14.7 Å². The van der Waals surface area contributed by atoms with Gasteiger partial charge in [0.05, 0.1) is 11.8 Å². The van der Waals surface area contributed by atoms with Crippen molar-refractivity contribution < 1.29 is 14.7 Å². The highest BCUT2D eigenvalue weighted by molar-refractivity contribution is 6.02. The number of rotatable bonds is 6. The summed E-state index contributed by atoms with van der Waals surface area (Å²) in [5.74, 6) is 0.0170. The van der Waals surface area contributed by atoms with E-state index in [0.717, 1.165) is 61.9 Å². The van der Waals surface area contributed by atoms with Crippen molar-refractivity contribution in [3.05, 3.63) is 42.5 Å². The van der Waals surface area contributed by atoms with Gasteiger partial charge >= 0.3 is 6.03 Å². The number of benzene rings is 2. The molecule has 1 aliphatic carbocycles. The highest BCUT2D eigenvalue weighted by atomic mass is 16.3. The Hall–Kier alpha value is -2.64. The Morgan fingerprint density at radius 3 is 2.59 bits per heavy atom. The van der Waals surface area contributed by atoms with E-state index in [4.69, 9.17) is 0 Å². The molecule has 1 spiro atoms. The maximum absolute atomic E-state index is 13.0. The van der Waals surface area contributed by atoms with Crippen LogP contribution in [0.5, 0.6) is 0 Å². The van der Waals surface area contributed by atoms with Gasteiger partial charge in [-0.2, -0.15) is 0 Å². The molecule has 0 unspecified atom stereocenters. The number of β-amino-alcohol motifs (C(OH)–C–C–N with tert-alkyl or cyclic N) is 1. The van der Waals surface area contributed by atoms with Crippen molar-refractivity contribution in [1.29, 1.82) is 0 Å². The molecule has 2 aromatic carbocycles. The summed E-state index contributed by atoms with van der Waals surface area (Å²) in [5, 5.41) is 15.5. The first-order valence-corrected chi connectivity index (χ1v) is 12.7. The zero-order valence-electron chi connectivity index (χ0n) is 20.1. The molecule has 0 bridgehead atoms. The van der Waals surface area contributed by atoms with Crippen LogP contribution in [0.15, 0.2) is 42.5 Å². The van der Waals surface area contributed by atoms with Gasteiger partial charge in [-0.25, -0.2) is 4.79 Å². The molecule has 2 aromatic rings. The van der Waals surface area contributed by atoms with E-state index in [0.29, 0.717) is 13.1 Å². The summed E-state index contributed by atoms with van der Waals surface area (Å²) in [6.45, 7) is 6.49. The molecule has 7 nitrogen and oxygen atoms in total. The lowest BCUT2D eigenvalue weighted by Crippen LogP contribution is -2.58. The monoisotopic (exact) mass is 464 g/mol. The SMILES string of the molecule is C[C@H]1C(=O)N(CCCCN2CCC3(CC3)[C@H](O)C2)CCN1C(=O)Nc1cccc2ccccc12. The van der Waals surface area contributed by atoms with Crippen molar-refractivity contribution >= 4 is 28.4 Å². The molecule has 3 fully saturated rings. The Bertz CT molecular complexity index is 1050. The van der Waals surface area contributed by atoms with Gasteiger partial charge in [0.15, 0.2) is 0 Å². The minimum atomic E-state index is -0.476. The molecule has 2 atom stereocenters. The Morgan fingerprint density at radius 1 is 1.03 bits per heavy atom. The molecular weight excluding hydrogens is 428 g/mol. The average molecular weight is 465 g/mol. The van der Waals surface area contributed by atoms with Gasteiger partial charge in [0, 0.05) is 31.6 Å². The third-order valence-electron chi connectivity index (χ3n) is 8.15. The molecule has 34 heavy (non-hydrogen) atoms. The first kappa shape index (κ1) is 23.1. The number of carbonyl (C=O) groups is 2. The van der Waals surface area contributed by atoms with E-state index in [-0.39, 0.29) is 23.5 Å². The van der Waals surface area contributed by atoms with E-state index in [1.54, 1.807) is 4.90 Å². The lowest BCUT2D eigenvalue weighted by atomic mass is 9.90. The molecule has 0 radical (unpaired) electrons. The number of piperidine rings is 1. The fourth-order valence-corrected chi connectivity index (χ4v) is 5.61. The van der Waals surface area contributed by atoms with Crippen LogP contribution in [0.4, 0.5) is 10.5 Å². The third kappa shape index (κ3) is 4.64. The number of likely N-dealkylation sites (tertiary alicyclic amines) is 1. The van der Waals surface area contributed by atoms with Crippen LogP contribution in [-0.4, -0.2) is 83.2 Å². The Balaban J connectivity index is 1.08. The zero-order chi connectivity index (χ0) is 23.7. The third-order valence-corrected chi connectivity index (χ3v) is 8.15. The van der Waals surface area contributed by atoms with Gasteiger partial charge in [-0.05, 0) is 69.0 Å². The van der Waals surface area contributed by atoms with Gasteiger partial charge in [-0.3, -0.25) is 4.79 Å². The van der Waals surface area contributed by atoms with Crippen molar-refractivity contribution in [3.8, 4) is 0 Å². The Kier molecular flexibility index (Phi) is 6.49. The molecule has 1 saturated carbocycles. The van der Waals surface area contributed by atoms with Gasteiger partial charge in [-0.15, -0.1) is 0 Å². The van der Waals surface area contributed by atoms with Gasteiger partial charge in [-0.1, -0.05) is 36.4 Å². The van der Waals surface area contributed by atoms with E-state index in [1.165, 1.54) is 12.8 Å². The average Bonchev–Trinajstić information content (AvgIpc) is 3.63.